The third kappa shape index (κ3) is 5.67. The SMILES string of the molecule is CCCN(CCC)C(=O)CCN1CCN(c2cccc(Cl)c2)CC1. The lowest BCUT2D eigenvalue weighted by atomic mass is 10.2. The van der Waals surface area contributed by atoms with Gasteiger partial charge in [-0.15, -0.1) is 0 Å². The van der Waals surface area contributed by atoms with Crippen molar-refractivity contribution in [2.45, 2.75) is 33.1 Å². The van der Waals surface area contributed by atoms with Crippen LogP contribution in [0.1, 0.15) is 33.1 Å². The van der Waals surface area contributed by atoms with Gasteiger partial charge >= 0.3 is 0 Å². The highest BCUT2D eigenvalue weighted by Gasteiger charge is 2.19. The first-order chi connectivity index (χ1) is 11.6. The maximum atomic E-state index is 12.4. The summed E-state index contributed by atoms with van der Waals surface area (Å²) in [4.78, 5) is 19.1. The van der Waals surface area contributed by atoms with Crippen molar-refractivity contribution in [3.8, 4) is 0 Å². The number of halogens is 1. The summed E-state index contributed by atoms with van der Waals surface area (Å²) < 4.78 is 0. The Kier molecular flexibility index (Phi) is 7.86. The molecule has 1 aliphatic heterocycles. The molecular formula is C19H30ClN3O. The molecule has 0 atom stereocenters. The van der Waals surface area contributed by atoms with Gasteiger partial charge in [-0.3, -0.25) is 9.69 Å². The normalized spacial score (nSPS) is 15.5. The molecule has 0 radical (unpaired) electrons. The Labute approximate surface area is 151 Å². The van der Waals surface area contributed by atoms with E-state index < -0.39 is 0 Å². The second-order valence-corrected chi connectivity index (χ2v) is 6.88. The van der Waals surface area contributed by atoms with Crippen molar-refractivity contribution in [3.05, 3.63) is 29.3 Å². The molecule has 0 saturated carbocycles. The highest BCUT2D eigenvalue weighted by molar-refractivity contribution is 6.30. The number of hydrogen-bond acceptors (Lipinski definition) is 3. The Morgan fingerprint density at radius 3 is 2.38 bits per heavy atom. The highest BCUT2D eigenvalue weighted by atomic mass is 35.5. The fourth-order valence-corrected chi connectivity index (χ4v) is 3.40. The molecule has 1 aromatic carbocycles. The maximum Gasteiger partial charge on any atom is 0.223 e. The molecule has 1 amide bonds. The second-order valence-electron chi connectivity index (χ2n) is 6.44. The minimum Gasteiger partial charge on any atom is -0.369 e. The van der Waals surface area contributed by atoms with Gasteiger partial charge in [0.2, 0.25) is 5.91 Å². The summed E-state index contributed by atoms with van der Waals surface area (Å²) in [5.74, 6) is 0.302. The third-order valence-corrected chi connectivity index (χ3v) is 4.76. The summed E-state index contributed by atoms with van der Waals surface area (Å²) in [7, 11) is 0. The van der Waals surface area contributed by atoms with Gasteiger partial charge < -0.3 is 9.80 Å². The number of piperazine rings is 1. The Hall–Kier alpha value is -1.26. The van der Waals surface area contributed by atoms with E-state index in [2.05, 4.69) is 29.7 Å². The molecule has 0 aliphatic carbocycles. The molecule has 134 valence electrons. The first-order valence-corrected chi connectivity index (χ1v) is 9.52. The van der Waals surface area contributed by atoms with Gasteiger partial charge in [0, 0.05) is 62.9 Å². The zero-order valence-corrected chi connectivity index (χ0v) is 15.8. The molecule has 1 aromatic rings. The molecule has 0 spiro atoms. The Morgan fingerprint density at radius 1 is 1.12 bits per heavy atom. The van der Waals surface area contributed by atoms with E-state index in [-0.39, 0.29) is 0 Å². The predicted molar refractivity (Wildman–Crippen MR) is 102 cm³/mol. The molecule has 4 nitrogen and oxygen atoms in total. The molecular weight excluding hydrogens is 322 g/mol. The maximum absolute atomic E-state index is 12.4. The lowest BCUT2D eigenvalue weighted by Gasteiger charge is -2.36. The van der Waals surface area contributed by atoms with Gasteiger partial charge in [0.1, 0.15) is 0 Å². The topological polar surface area (TPSA) is 26.8 Å². The number of hydrogen-bond donors (Lipinski definition) is 0. The van der Waals surface area contributed by atoms with Crippen LogP contribution in [0.15, 0.2) is 24.3 Å². The van der Waals surface area contributed by atoms with Gasteiger partial charge in [0.05, 0.1) is 0 Å². The minimum atomic E-state index is 0.302. The molecule has 1 heterocycles. The number of carbonyl (C=O) groups is 1. The number of amides is 1. The highest BCUT2D eigenvalue weighted by Crippen LogP contribution is 2.20. The number of rotatable bonds is 8. The molecule has 2 rings (SSSR count). The summed E-state index contributed by atoms with van der Waals surface area (Å²) in [5, 5.41) is 0.785. The predicted octanol–water partition coefficient (Wildman–Crippen LogP) is 3.50. The Balaban J connectivity index is 1.75. The average Bonchev–Trinajstić information content (AvgIpc) is 2.60. The van der Waals surface area contributed by atoms with Crippen LogP contribution >= 0.6 is 11.6 Å². The van der Waals surface area contributed by atoms with Crippen LogP contribution in [-0.4, -0.2) is 61.5 Å². The van der Waals surface area contributed by atoms with Crippen LogP contribution in [0.25, 0.3) is 0 Å². The molecule has 0 bridgehead atoms. The van der Waals surface area contributed by atoms with Crippen molar-refractivity contribution < 1.29 is 4.79 Å². The molecule has 1 fully saturated rings. The van der Waals surface area contributed by atoms with E-state index in [1.165, 1.54) is 5.69 Å². The molecule has 24 heavy (non-hydrogen) atoms. The van der Waals surface area contributed by atoms with Crippen LogP contribution in [0.2, 0.25) is 5.02 Å². The van der Waals surface area contributed by atoms with Crippen LogP contribution in [0, 0.1) is 0 Å². The van der Waals surface area contributed by atoms with Crippen LogP contribution in [-0.2, 0) is 4.79 Å². The van der Waals surface area contributed by atoms with E-state index in [1.54, 1.807) is 0 Å². The van der Waals surface area contributed by atoms with Crippen molar-refractivity contribution in [1.82, 2.24) is 9.80 Å². The van der Waals surface area contributed by atoms with Crippen molar-refractivity contribution in [2.75, 3.05) is 50.7 Å². The molecule has 1 saturated heterocycles. The fraction of sp³-hybridized carbons (Fsp3) is 0.632. The largest absolute Gasteiger partial charge is 0.369 e. The Bertz CT molecular complexity index is 509. The van der Waals surface area contributed by atoms with Gasteiger partial charge in [-0.05, 0) is 31.0 Å². The van der Waals surface area contributed by atoms with Crippen LogP contribution in [0.4, 0.5) is 5.69 Å². The summed E-state index contributed by atoms with van der Waals surface area (Å²) >= 11 is 6.08. The molecule has 0 unspecified atom stereocenters. The van der Waals surface area contributed by atoms with Crippen LogP contribution in [0.3, 0.4) is 0 Å². The summed E-state index contributed by atoms with van der Waals surface area (Å²) in [6.07, 6.45) is 2.70. The Morgan fingerprint density at radius 2 is 1.79 bits per heavy atom. The molecule has 0 aromatic heterocycles. The van der Waals surface area contributed by atoms with Crippen LogP contribution < -0.4 is 4.90 Å². The van der Waals surface area contributed by atoms with Crippen molar-refractivity contribution in [1.29, 1.82) is 0 Å². The zero-order chi connectivity index (χ0) is 17.4. The first kappa shape index (κ1) is 19.1. The number of anilines is 1. The monoisotopic (exact) mass is 351 g/mol. The lowest BCUT2D eigenvalue weighted by Crippen LogP contribution is -2.47. The first-order valence-electron chi connectivity index (χ1n) is 9.14. The van der Waals surface area contributed by atoms with E-state index in [9.17, 15) is 4.79 Å². The van der Waals surface area contributed by atoms with E-state index in [1.807, 2.05) is 23.1 Å². The minimum absolute atomic E-state index is 0.302. The molecule has 0 N–H and O–H groups in total. The van der Waals surface area contributed by atoms with E-state index in [4.69, 9.17) is 11.6 Å². The molecule has 5 heteroatoms. The molecule has 1 aliphatic rings. The summed E-state index contributed by atoms with van der Waals surface area (Å²) in [5.41, 5.74) is 1.19. The van der Waals surface area contributed by atoms with Crippen molar-refractivity contribution in [2.24, 2.45) is 0 Å². The summed E-state index contributed by atoms with van der Waals surface area (Å²) in [6, 6.07) is 8.04. The van der Waals surface area contributed by atoms with Gasteiger partial charge in [0.25, 0.3) is 0 Å². The smallest absolute Gasteiger partial charge is 0.223 e. The number of nitrogens with zero attached hydrogens (tertiary/aromatic N) is 3. The standard InChI is InChI=1S/C19H30ClN3O/c1-3-9-23(10-4-2)19(24)8-11-21-12-14-22(15-13-21)18-7-5-6-17(20)16-18/h5-7,16H,3-4,8-15H2,1-2H3. The number of benzene rings is 1. The van der Waals surface area contributed by atoms with Gasteiger partial charge in [0.15, 0.2) is 0 Å². The van der Waals surface area contributed by atoms with Crippen molar-refractivity contribution >= 4 is 23.2 Å². The third-order valence-electron chi connectivity index (χ3n) is 4.53. The average molecular weight is 352 g/mol. The fourth-order valence-electron chi connectivity index (χ4n) is 3.22. The number of carbonyl (C=O) groups excluding carboxylic acids is 1. The van der Waals surface area contributed by atoms with Crippen molar-refractivity contribution in [3.63, 3.8) is 0 Å². The van der Waals surface area contributed by atoms with Gasteiger partial charge in [-0.2, -0.15) is 0 Å². The van der Waals surface area contributed by atoms with E-state index in [0.717, 1.165) is 63.7 Å². The second kappa shape index (κ2) is 9.90. The quantitative estimate of drug-likeness (QED) is 0.717. The van der Waals surface area contributed by atoms with Gasteiger partial charge in [-0.25, -0.2) is 0 Å². The summed E-state index contributed by atoms with van der Waals surface area (Å²) in [6.45, 7) is 10.9. The lowest BCUT2D eigenvalue weighted by molar-refractivity contribution is -0.131. The van der Waals surface area contributed by atoms with Gasteiger partial charge in [-0.1, -0.05) is 31.5 Å². The van der Waals surface area contributed by atoms with E-state index >= 15 is 0 Å². The van der Waals surface area contributed by atoms with E-state index in [0.29, 0.717) is 12.3 Å². The van der Waals surface area contributed by atoms with Crippen LogP contribution in [0.5, 0.6) is 0 Å². The zero-order valence-electron chi connectivity index (χ0n) is 15.0.